The summed E-state index contributed by atoms with van der Waals surface area (Å²) in [5.74, 6) is -0.271. The molecule has 104 valence electrons. The van der Waals surface area contributed by atoms with Crippen LogP contribution in [0, 0.1) is 0 Å². The van der Waals surface area contributed by atoms with E-state index < -0.39 is 0 Å². The van der Waals surface area contributed by atoms with Crippen molar-refractivity contribution >= 4 is 5.97 Å². The van der Waals surface area contributed by atoms with Crippen molar-refractivity contribution in [1.29, 1.82) is 0 Å². The van der Waals surface area contributed by atoms with E-state index in [1.807, 2.05) is 12.1 Å². The van der Waals surface area contributed by atoms with Gasteiger partial charge in [-0.15, -0.1) is 0 Å². The number of nitrogens with one attached hydrogen (secondary N) is 1. The van der Waals surface area contributed by atoms with Crippen molar-refractivity contribution in [2.75, 3.05) is 26.7 Å². The molecule has 1 heterocycles. The van der Waals surface area contributed by atoms with Crippen molar-refractivity contribution < 1.29 is 9.53 Å². The van der Waals surface area contributed by atoms with Gasteiger partial charge in [-0.25, -0.2) is 4.79 Å². The van der Waals surface area contributed by atoms with Crippen molar-refractivity contribution in [1.82, 2.24) is 10.2 Å². The Morgan fingerprint density at radius 2 is 2.37 bits per heavy atom. The Bertz CT molecular complexity index is 428. The molecule has 1 atom stereocenters. The number of hydrogen-bond acceptors (Lipinski definition) is 4. The molecule has 4 heteroatoms. The Labute approximate surface area is 114 Å². The Morgan fingerprint density at radius 1 is 1.53 bits per heavy atom. The number of carbonyl (C=O) groups excluding carboxylic acids is 1. The van der Waals surface area contributed by atoms with Crippen LogP contribution in [0.1, 0.15) is 29.3 Å². The second-order valence-electron chi connectivity index (χ2n) is 4.90. The van der Waals surface area contributed by atoms with E-state index in [4.69, 9.17) is 4.74 Å². The third-order valence-corrected chi connectivity index (χ3v) is 3.69. The zero-order valence-corrected chi connectivity index (χ0v) is 11.7. The molecule has 1 aromatic rings. The molecular formula is C15H22N2O2. The van der Waals surface area contributed by atoms with Crippen LogP contribution in [0.15, 0.2) is 24.3 Å². The Morgan fingerprint density at radius 3 is 3.00 bits per heavy atom. The summed E-state index contributed by atoms with van der Waals surface area (Å²) in [5, 5.41) is 3.40. The monoisotopic (exact) mass is 262 g/mol. The molecule has 2 rings (SSSR count). The fraction of sp³-hybridized carbons (Fsp3) is 0.533. The van der Waals surface area contributed by atoms with Crippen LogP contribution in [0.3, 0.4) is 0 Å². The molecule has 1 saturated heterocycles. The summed E-state index contributed by atoms with van der Waals surface area (Å²) in [6.07, 6.45) is 1.20. The molecule has 19 heavy (non-hydrogen) atoms. The highest BCUT2D eigenvalue weighted by Gasteiger charge is 2.21. The Kier molecular flexibility index (Phi) is 4.93. The van der Waals surface area contributed by atoms with E-state index >= 15 is 0 Å². The van der Waals surface area contributed by atoms with Crippen LogP contribution in [0.2, 0.25) is 0 Å². The lowest BCUT2D eigenvalue weighted by molar-refractivity contribution is 0.0600. The van der Waals surface area contributed by atoms with Crippen molar-refractivity contribution in [3.8, 4) is 0 Å². The maximum atomic E-state index is 11.5. The van der Waals surface area contributed by atoms with E-state index in [9.17, 15) is 4.79 Å². The lowest BCUT2D eigenvalue weighted by Gasteiger charge is -2.27. The number of rotatable bonds is 5. The van der Waals surface area contributed by atoms with Crippen LogP contribution >= 0.6 is 0 Å². The first-order valence-corrected chi connectivity index (χ1v) is 6.86. The standard InChI is InChI=1S/C15H22N2O2/c1-3-17(14-7-8-16-10-14)11-12-5-4-6-13(9-12)15(18)19-2/h4-6,9,14,16H,3,7-8,10-11H2,1-2H3. The number of methoxy groups -OCH3 is 1. The first-order valence-electron chi connectivity index (χ1n) is 6.86. The molecular weight excluding hydrogens is 240 g/mol. The van der Waals surface area contributed by atoms with Crippen molar-refractivity contribution in [3.63, 3.8) is 0 Å². The third kappa shape index (κ3) is 3.55. The molecule has 0 bridgehead atoms. The summed E-state index contributed by atoms with van der Waals surface area (Å²) >= 11 is 0. The highest BCUT2D eigenvalue weighted by atomic mass is 16.5. The van der Waals surface area contributed by atoms with Gasteiger partial charge in [-0.1, -0.05) is 19.1 Å². The molecule has 1 aromatic carbocycles. The van der Waals surface area contributed by atoms with Gasteiger partial charge in [0, 0.05) is 19.1 Å². The minimum Gasteiger partial charge on any atom is -0.465 e. The number of carbonyl (C=O) groups is 1. The number of hydrogen-bond donors (Lipinski definition) is 1. The highest BCUT2D eigenvalue weighted by molar-refractivity contribution is 5.89. The van der Waals surface area contributed by atoms with E-state index in [1.54, 1.807) is 6.07 Å². The molecule has 1 fully saturated rings. The summed E-state index contributed by atoms with van der Waals surface area (Å²) in [6.45, 7) is 6.25. The third-order valence-electron chi connectivity index (χ3n) is 3.69. The predicted molar refractivity (Wildman–Crippen MR) is 75.1 cm³/mol. The smallest absolute Gasteiger partial charge is 0.337 e. The van der Waals surface area contributed by atoms with Gasteiger partial charge < -0.3 is 10.1 Å². The molecule has 1 aliphatic heterocycles. The molecule has 0 saturated carbocycles. The number of benzene rings is 1. The maximum absolute atomic E-state index is 11.5. The predicted octanol–water partition coefficient (Wildman–Crippen LogP) is 1.66. The highest BCUT2D eigenvalue weighted by Crippen LogP contribution is 2.14. The van der Waals surface area contributed by atoms with E-state index in [0.717, 1.165) is 31.7 Å². The number of esters is 1. The van der Waals surface area contributed by atoms with Gasteiger partial charge in [0.05, 0.1) is 12.7 Å². The first-order chi connectivity index (χ1) is 9.24. The molecule has 0 radical (unpaired) electrons. The van der Waals surface area contributed by atoms with Crippen molar-refractivity contribution in [2.45, 2.75) is 25.9 Å². The second-order valence-corrected chi connectivity index (χ2v) is 4.90. The van der Waals surface area contributed by atoms with Crippen LogP contribution in [-0.4, -0.2) is 43.7 Å². The largest absolute Gasteiger partial charge is 0.465 e. The van der Waals surface area contributed by atoms with Crippen LogP contribution in [0.5, 0.6) is 0 Å². The lowest BCUT2D eigenvalue weighted by Crippen LogP contribution is -2.36. The quantitative estimate of drug-likeness (QED) is 0.819. The van der Waals surface area contributed by atoms with Gasteiger partial charge in [-0.05, 0) is 37.2 Å². The second kappa shape index (κ2) is 6.68. The van der Waals surface area contributed by atoms with Gasteiger partial charge in [-0.3, -0.25) is 4.90 Å². The summed E-state index contributed by atoms with van der Waals surface area (Å²) in [5.41, 5.74) is 1.79. The Balaban J connectivity index is 2.06. The van der Waals surface area contributed by atoms with Crippen LogP contribution in [-0.2, 0) is 11.3 Å². The summed E-state index contributed by atoms with van der Waals surface area (Å²) < 4.78 is 4.76. The zero-order chi connectivity index (χ0) is 13.7. The van der Waals surface area contributed by atoms with E-state index in [-0.39, 0.29) is 5.97 Å². The average Bonchev–Trinajstić information content (AvgIpc) is 2.98. The van der Waals surface area contributed by atoms with Gasteiger partial charge in [0.15, 0.2) is 0 Å². The van der Waals surface area contributed by atoms with E-state index in [1.165, 1.54) is 13.5 Å². The normalized spacial score (nSPS) is 18.8. The van der Waals surface area contributed by atoms with E-state index in [0.29, 0.717) is 11.6 Å². The molecule has 4 nitrogen and oxygen atoms in total. The summed E-state index contributed by atoms with van der Waals surface area (Å²) in [7, 11) is 1.41. The molecule has 0 aromatic heterocycles. The van der Waals surface area contributed by atoms with E-state index in [2.05, 4.69) is 23.2 Å². The maximum Gasteiger partial charge on any atom is 0.337 e. The van der Waals surface area contributed by atoms with Gasteiger partial charge in [-0.2, -0.15) is 0 Å². The zero-order valence-electron chi connectivity index (χ0n) is 11.7. The minimum atomic E-state index is -0.271. The molecule has 0 aliphatic carbocycles. The van der Waals surface area contributed by atoms with Gasteiger partial charge in [0.1, 0.15) is 0 Å². The summed E-state index contributed by atoms with van der Waals surface area (Å²) in [4.78, 5) is 14.0. The number of likely N-dealkylation sites (N-methyl/N-ethyl adjacent to an activating group) is 1. The SMILES string of the molecule is CCN(Cc1cccc(C(=O)OC)c1)C1CCNC1. The molecule has 1 aliphatic rings. The fourth-order valence-electron chi connectivity index (χ4n) is 2.60. The van der Waals surface area contributed by atoms with Gasteiger partial charge in [0.2, 0.25) is 0 Å². The lowest BCUT2D eigenvalue weighted by atomic mass is 10.1. The molecule has 0 amide bonds. The van der Waals surface area contributed by atoms with Gasteiger partial charge in [0.25, 0.3) is 0 Å². The topological polar surface area (TPSA) is 41.6 Å². The number of nitrogens with zero attached hydrogens (tertiary/aromatic N) is 1. The first kappa shape index (κ1) is 14.0. The summed E-state index contributed by atoms with van der Waals surface area (Å²) in [6, 6.07) is 8.31. The minimum absolute atomic E-state index is 0.271. The van der Waals surface area contributed by atoms with Gasteiger partial charge >= 0.3 is 5.97 Å². The van der Waals surface area contributed by atoms with Crippen molar-refractivity contribution in [2.24, 2.45) is 0 Å². The van der Waals surface area contributed by atoms with Crippen LogP contribution in [0.25, 0.3) is 0 Å². The van der Waals surface area contributed by atoms with Crippen LogP contribution < -0.4 is 5.32 Å². The Hall–Kier alpha value is -1.39. The average molecular weight is 262 g/mol. The molecule has 0 spiro atoms. The number of ether oxygens (including phenoxy) is 1. The van der Waals surface area contributed by atoms with Crippen molar-refractivity contribution in [3.05, 3.63) is 35.4 Å². The fourth-order valence-corrected chi connectivity index (χ4v) is 2.60. The van der Waals surface area contributed by atoms with Crippen LogP contribution in [0.4, 0.5) is 0 Å². The molecule has 1 N–H and O–H groups in total. The molecule has 1 unspecified atom stereocenters.